The van der Waals surface area contributed by atoms with Crippen molar-refractivity contribution in [3.05, 3.63) is 0 Å². The summed E-state index contributed by atoms with van der Waals surface area (Å²) in [5.41, 5.74) is 0. The number of carbonyl (C=O) groups excluding carboxylic acids is 1. The highest BCUT2D eigenvalue weighted by atomic mass is 35.5. The Bertz CT molecular complexity index is 250. The molecule has 1 unspecified atom stereocenters. The summed E-state index contributed by atoms with van der Waals surface area (Å²) in [5.74, 6) is 3.59. The van der Waals surface area contributed by atoms with Crippen molar-refractivity contribution in [1.29, 1.82) is 0 Å². The molecule has 0 saturated heterocycles. The summed E-state index contributed by atoms with van der Waals surface area (Å²) >= 11 is 5.63. The maximum Gasteiger partial charge on any atom is 0.225 e. The standard InChI is InChI=1S/C11H15ClO/c12-11(13)10-5-6-4-9(10)8-3-1-2-7(6)8/h6-10H,1-5H2/t6?,7-,8-,9+,10-/m1/s1. The lowest BCUT2D eigenvalue weighted by atomic mass is 9.76. The molecule has 3 fully saturated rings. The van der Waals surface area contributed by atoms with Crippen LogP contribution in [0.1, 0.15) is 32.1 Å². The van der Waals surface area contributed by atoms with Crippen LogP contribution in [0.5, 0.6) is 0 Å². The number of hydrogen-bond acceptors (Lipinski definition) is 1. The van der Waals surface area contributed by atoms with Crippen molar-refractivity contribution in [3.63, 3.8) is 0 Å². The second-order valence-corrected chi connectivity index (χ2v) is 5.44. The molecule has 3 aliphatic rings. The van der Waals surface area contributed by atoms with Gasteiger partial charge in [0.15, 0.2) is 0 Å². The van der Waals surface area contributed by atoms with Crippen LogP contribution in [-0.4, -0.2) is 5.24 Å². The Labute approximate surface area is 83.8 Å². The molecule has 3 aliphatic carbocycles. The molecule has 2 heteroatoms. The van der Waals surface area contributed by atoms with E-state index in [4.69, 9.17) is 11.6 Å². The van der Waals surface area contributed by atoms with Crippen molar-refractivity contribution in [3.8, 4) is 0 Å². The molecule has 0 amide bonds. The van der Waals surface area contributed by atoms with Gasteiger partial charge in [-0.05, 0) is 61.0 Å². The van der Waals surface area contributed by atoms with E-state index < -0.39 is 0 Å². The molecule has 0 aliphatic heterocycles. The largest absolute Gasteiger partial charge is 0.281 e. The van der Waals surface area contributed by atoms with Crippen molar-refractivity contribution in [2.45, 2.75) is 32.1 Å². The van der Waals surface area contributed by atoms with Gasteiger partial charge < -0.3 is 0 Å². The van der Waals surface area contributed by atoms with Gasteiger partial charge in [-0.1, -0.05) is 6.42 Å². The number of hydrogen-bond donors (Lipinski definition) is 0. The van der Waals surface area contributed by atoms with Crippen LogP contribution in [0.15, 0.2) is 0 Å². The van der Waals surface area contributed by atoms with Gasteiger partial charge in [0, 0.05) is 5.92 Å². The molecule has 0 radical (unpaired) electrons. The first-order chi connectivity index (χ1) is 6.27. The Hall–Kier alpha value is -0.0400. The molecule has 72 valence electrons. The summed E-state index contributed by atoms with van der Waals surface area (Å²) in [6, 6.07) is 0. The fourth-order valence-corrected chi connectivity index (χ4v) is 4.58. The molecular formula is C11H15ClO. The van der Waals surface area contributed by atoms with E-state index >= 15 is 0 Å². The molecule has 0 aromatic carbocycles. The first-order valence-electron chi connectivity index (χ1n) is 5.46. The molecular weight excluding hydrogens is 184 g/mol. The topological polar surface area (TPSA) is 17.1 Å². The van der Waals surface area contributed by atoms with Crippen LogP contribution in [0.2, 0.25) is 0 Å². The molecule has 0 spiro atoms. The van der Waals surface area contributed by atoms with Crippen LogP contribution in [-0.2, 0) is 4.79 Å². The van der Waals surface area contributed by atoms with Crippen LogP contribution in [0.25, 0.3) is 0 Å². The first-order valence-corrected chi connectivity index (χ1v) is 5.84. The van der Waals surface area contributed by atoms with E-state index in [1.807, 2.05) is 0 Å². The van der Waals surface area contributed by atoms with Gasteiger partial charge in [-0.25, -0.2) is 0 Å². The van der Waals surface area contributed by atoms with Gasteiger partial charge in [0.25, 0.3) is 0 Å². The molecule has 3 rings (SSSR count). The molecule has 0 N–H and O–H groups in total. The van der Waals surface area contributed by atoms with Crippen molar-refractivity contribution in [2.75, 3.05) is 0 Å². The van der Waals surface area contributed by atoms with Gasteiger partial charge in [-0.15, -0.1) is 0 Å². The van der Waals surface area contributed by atoms with Crippen LogP contribution in [0, 0.1) is 29.6 Å². The van der Waals surface area contributed by atoms with Gasteiger partial charge in [-0.2, -0.15) is 0 Å². The molecule has 13 heavy (non-hydrogen) atoms. The molecule has 2 bridgehead atoms. The molecule has 3 saturated carbocycles. The van der Waals surface area contributed by atoms with Gasteiger partial charge in [0.05, 0.1) is 0 Å². The minimum Gasteiger partial charge on any atom is -0.281 e. The smallest absolute Gasteiger partial charge is 0.225 e. The van der Waals surface area contributed by atoms with E-state index in [9.17, 15) is 4.79 Å². The van der Waals surface area contributed by atoms with Gasteiger partial charge in [0.1, 0.15) is 0 Å². The summed E-state index contributed by atoms with van der Waals surface area (Å²) in [4.78, 5) is 11.2. The predicted octanol–water partition coefficient (Wildman–Crippen LogP) is 2.82. The van der Waals surface area contributed by atoms with Crippen LogP contribution in [0.3, 0.4) is 0 Å². The van der Waals surface area contributed by atoms with Gasteiger partial charge in [-0.3, -0.25) is 4.79 Å². The first kappa shape index (κ1) is 8.28. The van der Waals surface area contributed by atoms with Crippen molar-refractivity contribution < 1.29 is 4.79 Å². The molecule has 0 aromatic rings. The predicted molar refractivity (Wildman–Crippen MR) is 51.4 cm³/mol. The van der Waals surface area contributed by atoms with E-state index in [2.05, 4.69) is 0 Å². The van der Waals surface area contributed by atoms with Crippen molar-refractivity contribution in [1.82, 2.24) is 0 Å². The summed E-state index contributed by atoms with van der Waals surface area (Å²) < 4.78 is 0. The maximum absolute atomic E-state index is 11.2. The summed E-state index contributed by atoms with van der Waals surface area (Å²) in [6.45, 7) is 0. The van der Waals surface area contributed by atoms with Crippen LogP contribution < -0.4 is 0 Å². The fourth-order valence-electron chi connectivity index (χ4n) is 4.33. The highest BCUT2D eigenvalue weighted by Gasteiger charge is 2.55. The van der Waals surface area contributed by atoms with Crippen molar-refractivity contribution in [2.24, 2.45) is 29.6 Å². The highest BCUT2D eigenvalue weighted by molar-refractivity contribution is 6.64. The molecule has 0 aromatic heterocycles. The quantitative estimate of drug-likeness (QED) is 0.593. The lowest BCUT2D eigenvalue weighted by molar-refractivity contribution is -0.117. The van der Waals surface area contributed by atoms with E-state index in [-0.39, 0.29) is 11.2 Å². The highest BCUT2D eigenvalue weighted by Crippen LogP contribution is 2.61. The fraction of sp³-hybridized carbons (Fsp3) is 0.909. The second kappa shape index (κ2) is 2.73. The van der Waals surface area contributed by atoms with Crippen LogP contribution in [0.4, 0.5) is 0 Å². The van der Waals surface area contributed by atoms with Crippen LogP contribution >= 0.6 is 11.6 Å². The molecule has 5 atom stereocenters. The Morgan fingerprint density at radius 1 is 1.08 bits per heavy atom. The maximum atomic E-state index is 11.2. The lowest BCUT2D eigenvalue weighted by Gasteiger charge is -2.29. The molecule has 1 nitrogen and oxygen atoms in total. The van der Waals surface area contributed by atoms with E-state index in [0.29, 0.717) is 5.92 Å². The lowest BCUT2D eigenvalue weighted by Crippen LogP contribution is -2.27. The number of fused-ring (bicyclic) bond motifs is 5. The van der Waals surface area contributed by atoms with Crippen molar-refractivity contribution >= 4 is 16.8 Å². The third-order valence-corrected chi connectivity index (χ3v) is 5.00. The Kier molecular flexibility index (Phi) is 1.74. The SMILES string of the molecule is O=C(Cl)[C@@H]1CC2C[C@H]1[C@@H]1CCC[C@H]21. The van der Waals surface area contributed by atoms with E-state index in [1.165, 1.54) is 25.7 Å². The average molecular weight is 199 g/mol. The summed E-state index contributed by atoms with van der Waals surface area (Å²) in [7, 11) is 0. The van der Waals surface area contributed by atoms with Gasteiger partial charge in [0.2, 0.25) is 5.24 Å². The Balaban J connectivity index is 1.85. The normalized spacial score (nSPS) is 52.5. The van der Waals surface area contributed by atoms with E-state index in [1.54, 1.807) is 0 Å². The number of halogens is 1. The Morgan fingerprint density at radius 3 is 2.62 bits per heavy atom. The average Bonchev–Trinajstić information content (AvgIpc) is 2.75. The zero-order chi connectivity index (χ0) is 9.00. The Morgan fingerprint density at radius 2 is 1.85 bits per heavy atom. The number of rotatable bonds is 1. The van der Waals surface area contributed by atoms with Gasteiger partial charge >= 0.3 is 0 Å². The minimum absolute atomic E-state index is 0.0575. The zero-order valence-electron chi connectivity index (χ0n) is 7.71. The second-order valence-electron chi connectivity index (χ2n) is 5.06. The summed E-state index contributed by atoms with van der Waals surface area (Å²) in [6.07, 6.45) is 6.60. The zero-order valence-corrected chi connectivity index (χ0v) is 8.46. The molecule has 0 heterocycles. The van der Waals surface area contributed by atoms with E-state index in [0.717, 1.165) is 24.2 Å². The monoisotopic (exact) mass is 198 g/mol. The third-order valence-electron chi connectivity index (χ3n) is 4.72. The third kappa shape index (κ3) is 1.03. The minimum atomic E-state index is -0.0575. The number of carbonyl (C=O) groups is 1. The summed E-state index contributed by atoms with van der Waals surface area (Å²) in [5, 5.41) is -0.0575.